The summed E-state index contributed by atoms with van der Waals surface area (Å²) in [5.41, 5.74) is 0. The van der Waals surface area contributed by atoms with E-state index in [2.05, 4.69) is 14.8 Å². The Balaban J connectivity index is 1.30. The van der Waals surface area contributed by atoms with Crippen LogP contribution in [-0.2, 0) is 14.6 Å². The average Bonchev–Trinajstić information content (AvgIpc) is 3.64. The molecule has 3 saturated carbocycles. The van der Waals surface area contributed by atoms with Gasteiger partial charge in [-0.15, -0.1) is 10.2 Å². The summed E-state index contributed by atoms with van der Waals surface area (Å²) >= 11 is 1.49. The van der Waals surface area contributed by atoms with Gasteiger partial charge in [0.2, 0.25) is 5.91 Å². The van der Waals surface area contributed by atoms with Crippen molar-refractivity contribution in [2.75, 3.05) is 17.3 Å². The second-order valence-corrected chi connectivity index (χ2v) is 12.3. The van der Waals surface area contributed by atoms with Gasteiger partial charge in [0.15, 0.2) is 15.0 Å². The van der Waals surface area contributed by atoms with Gasteiger partial charge in [-0.1, -0.05) is 31.0 Å². The highest BCUT2D eigenvalue weighted by Crippen LogP contribution is 2.46. The number of nitrogens with zero attached hydrogens (tertiary/aromatic N) is 4. The van der Waals surface area contributed by atoms with E-state index in [-0.39, 0.29) is 29.5 Å². The monoisotopic (exact) mass is 438 g/mol. The predicted molar refractivity (Wildman–Crippen MR) is 112 cm³/mol. The van der Waals surface area contributed by atoms with E-state index in [0.29, 0.717) is 24.1 Å². The summed E-state index contributed by atoms with van der Waals surface area (Å²) in [5.74, 6) is 2.39. The Hall–Kier alpha value is -1.09. The van der Waals surface area contributed by atoms with Crippen LogP contribution >= 0.6 is 11.8 Å². The minimum absolute atomic E-state index is 0.0716. The van der Waals surface area contributed by atoms with Gasteiger partial charge in [0.25, 0.3) is 0 Å². The molecular weight excluding hydrogens is 408 g/mol. The van der Waals surface area contributed by atoms with Crippen molar-refractivity contribution in [3.05, 3.63) is 5.82 Å². The van der Waals surface area contributed by atoms with E-state index >= 15 is 0 Å². The molecule has 2 heterocycles. The number of amides is 1. The maximum Gasteiger partial charge on any atom is 0.233 e. The van der Waals surface area contributed by atoms with Crippen molar-refractivity contribution in [3.8, 4) is 0 Å². The van der Waals surface area contributed by atoms with Gasteiger partial charge in [-0.25, -0.2) is 8.42 Å². The first kappa shape index (κ1) is 19.8. The Bertz CT molecular complexity index is 870. The van der Waals surface area contributed by atoms with Crippen molar-refractivity contribution in [1.29, 1.82) is 0 Å². The molecule has 1 aromatic heterocycles. The first-order chi connectivity index (χ1) is 14.0. The smallest absolute Gasteiger partial charge is 0.233 e. The minimum Gasteiger partial charge on any atom is -0.335 e. The second kappa shape index (κ2) is 7.87. The Morgan fingerprint density at radius 1 is 1.00 bits per heavy atom. The molecule has 4 fully saturated rings. The number of aromatic nitrogens is 3. The second-order valence-electron chi connectivity index (χ2n) is 9.15. The van der Waals surface area contributed by atoms with E-state index in [9.17, 15) is 13.2 Å². The van der Waals surface area contributed by atoms with Gasteiger partial charge in [-0.3, -0.25) is 4.79 Å². The fourth-order valence-electron chi connectivity index (χ4n) is 4.94. The average molecular weight is 439 g/mol. The highest BCUT2D eigenvalue weighted by Gasteiger charge is 2.39. The van der Waals surface area contributed by atoms with E-state index in [1.54, 1.807) is 0 Å². The maximum absolute atomic E-state index is 13.3. The van der Waals surface area contributed by atoms with E-state index in [1.807, 2.05) is 4.90 Å². The molecule has 0 spiro atoms. The van der Waals surface area contributed by atoms with Gasteiger partial charge >= 0.3 is 0 Å². The van der Waals surface area contributed by atoms with Crippen molar-refractivity contribution in [1.82, 2.24) is 19.7 Å². The summed E-state index contributed by atoms with van der Waals surface area (Å²) in [5, 5.41) is 9.71. The fraction of sp³-hybridized carbons (Fsp3) is 0.850. The molecule has 9 heteroatoms. The van der Waals surface area contributed by atoms with E-state index in [1.165, 1.54) is 43.9 Å². The van der Waals surface area contributed by atoms with Crippen LogP contribution in [0.15, 0.2) is 5.16 Å². The number of carbonyl (C=O) groups excluding carboxylic acids is 1. The van der Waals surface area contributed by atoms with Crippen LogP contribution in [0.25, 0.3) is 0 Å². The summed E-state index contributed by atoms with van der Waals surface area (Å²) in [6.45, 7) is 0. The molecule has 1 aromatic rings. The lowest BCUT2D eigenvalue weighted by Gasteiger charge is -2.38. The summed E-state index contributed by atoms with van der Waals surface area (Å²) in [4.78, 5) is 15.3. The van der Waals surface area contributed by atoms with Crippen LogP contribution in [0, 0.1) is 0 Å². The van der Waals surface area contributed by atoms with Crippen LogP contribution in [0.3, 0.4) is 0 Å². The van der Waals surface area contributed by atoms with Crippen LogP contribution in [0.1, 0.15) is 82.0 Å². The van der Waals surface area contributed by atoms with Crippen molar-refractivity contribution >= 4 is 27.5 Å². The normalized spacial score (nSPS) is 27.2. The third-order valence-electron chi connectivity index (χ3n) is 6.73. The highest BCUT2D eigenvalue weighted by atomic mass is 32.2. The quantitative estimate of drug-likeness (QED) is 0.609. The lowest BCUT2D eigenvalue weighted by atomic mass is 9.93. The fourth-order valence-corrected chi connectivity index (χ4v) is 7.54. The Labute approximate surface area is 176 Å². The van der Waals surface area contributed by atoms with E-state index < -0.39 is 9.84 Å². The predicted octanol–water partition coefficient (Wildman–Crippen LogP) is 2.93. The molecule has 1 saturated heterocycles. The lowest BCUT2D eigenvalue weighted by Crippen LogP contribution is -2.49. The first-order valence-electron chi connectivity index (χ1n) is 11.1. The number of hydrogen-bond donors (Lipinski definition) is 0. The largest absolute Gasteiger partial charge is 0.335 e. The van der Waals surface area contributed by atoms with E-state index in [4.69, 9.17) is 0 Å². The van der Waals surface area contributed by atoms with Gasteiger partial charge in [-0.05, 0) is 44.9 Å². The molecule has 7 nitrogen and oxygen atoms in total. The Morgan fingerprint density at radius 3 is 2.38 bits per heavy atom. The molecule has 0 radical (unpaired) electrons. The van der Waals surface area contributed by atoms with Crippen LogP contribution in [0.4, 0.5) is 0 Å². The topological polar surface area (TPSA) is 85.2 Å². The van der Waals surface area contributed by atoms with Crippen LogP contribution in [0.2, 0.25) is 0 Å². The number of carbonyl (C=O) groups is 1. The molecule has 160 valence electrons. The zero-order valence-electron chi connectivity index (χ0n) is 16.8. The minimum atomic E-state index is -3.02. The zero-order chi connectivity index (χ0) is 20.0. The molecular formula is C20H30N4O3S2. The molecule has 5 rings (SSSR count). The molecule has 1 atom stereocenters. The number of sulfone groups is 1. The SMILES string of the molecule is O=C(CSc1nnc(C2CC2)n1C1CC1)N(C1CCCCC1)C1CCS(=O)(=O)C1. The summed E-state index contributed by atoms with van der Waals surface area (Å²) in [6.07, 6.45) is 10.8. The van der Waals surface area contributed by atoms with Gasteiger partial charge in [0.05, 0.1) is 17.3 Å². The van der Waals surface area contributed by atoms with Crippen molar-refractivity contribution < 1.29 is 13.2 Å². The number of thioether (sulfide) groups is 1. The van der Waals surface area contributed by atoms with Gasteiger partial charge in [0, 0.05) is 24.0 Å². The van der Waals surface area contributed by atoms with E-state index in [0.717, 1.165) is 36.7 Å². The lowest BCUT2D eigenvalue weighted by molar-refractivity contribution is -0.133. The number of hydrogen-bond acceptors (Lipinski definition) is 6. The summed E-state index contributed by atoms with van der Waals surface area (Å²) in [6, 6.07) is 0.547. The summed E-state index contributed by atoms with van der Waals surface area (Å²) < 4.78 is 26.4. The molecule has 0 aromatic carbocycles. The molecule has 1 aliphatic heterocycles. The molecule has 1 amide bonds. The zero-order valence-corrected chi connectivity index (χ0v) is 18.5. The molecule has 0 N–H and O–H groups in total. The molecule has 3 aliphatic carbocycles. The van der Waals surface area contributed by atoms with Crippen LogP contribution in [0.5, 0.6) is 0 Å². The third kappa shape index (κ3) is 4.36. The third-order valence-corrected chi connectivity index (χ3v) is 9.41. The number of rotatable bonds is 7. The van der Waals surface area contributed by atoms with Crippen molar-refractivity contribution in [2.45, 2.75) is 93.4 Å². The van der Waals surface area contributed by atoms with Gasteiger partial charge in [-0.2, -0.15) is 0 Å². The molecule has 29 heavy (non-hydrogen) atoms. The molecule has 1 unspecified atom stereocenters. The molecule has 4 aliphatic rings. The Morgan fingerprint density at radius 2 is 1.76 bits per heavy atom. The maximum atomic E-state index is 13.3. The van der Waals surface area contributed by atoms with Crippen molar-refractivity contribution in [2.24, 2.45) is 0 Å². The van der Waals surface area contributed by atoms with Gasteiger partial charge in [0.1, 0.15) is 5.82 Å². The standard InChI is InChI=1S/C20H30N4O3S2/c25-18(12-28-20-22-21-19(14-6-7-14)24(20)16-8-9-16)23(15-4-2-1-3-5-15)17-10-11-29(26,27)13-17/h14-17H,1-13H2. The summed E-state index contributed by atoms with van der Waals surface area (Å²) in [7, 11) is -3.02. The molecule has 0 bridgehead atoms. The van der Waals surface area contributed by atoms with Crippen molar-refractivity contribution in [3.63, 3.8) is 0 Å². The van der Waals surface area contributed by atoms with Gasteiger partial charge < -0.3 is 9.47 Å². The van der Waals surface area contributed by atoms with Crippen LogP contribution < -0.4 is 0 Å². The Kier molecular flexibility index (Phi) is 5.39. The first-order valence-corrected chi connectivity index (χ1v) is 13.9. The van der Waals surface area contributed by atoms with Crippen LogP contribution in [-0.4, -0.2) is 63.3 Å². The highest BCUT2D eigenvalue weighted by molar-refractivity contribution is 7.99.